The van der Waals surface area contributed by atoms with Gasteiger partial charge in [0, 0.05) is 11.3 Å². The third kappa shape index (κ3) is 2.60. The van der Waals surface area contributed by atoms with Crippen LogP contribution in [-0.4, -0.2) is 10.8 Å². The molecule has 2 heteroatoms. The van der Waals surface area contributed by atoms with Crippen molar-refractivity contribution in [3.8, 4) is 0 Å². The molecule has 1 aliphatic rings. The van der Waals surface area contributed by atoms with Gasteiger partial charge in [-0.15, -0.1) is 0 Å². The van der Waals surface area contributed by atoms with Gasteiger partial charge in [-0.1, -0.05) is 43.9 Å². The van der Waals surface area contributed by atoms with Crippen LogP contribution in [0.2, 0.25) is 0 Å². The van der Waals surface area contributed by atoms with E-state index in [1.54, 1.807) is 0 Å². The number of rotatable bonds is 2. The number of benzene rings is 1. The van der Waals surface area contributed by atoms with Crippen LogP contribution in [0, 0.1) is 12.8 Å². The summed E-state index contributed by atoms with van der Waals surface area (Å²) in [7, 11) is 0. The number of hydrogen-bond donors (Lipinski definition) is 0. The molecule has 1 saturated carbocycles. The average molecular weight is 267 g/mol. The van der Waals surface area contributed by atoms with Gasteiger partial charge in [0.05, 0.1) is 5.52 Å². The lowest BCUT2D eigenvalue weighted by atomic mass is 9.92. The molecule has 1 aliphatic carbocycles. The zero-order valence-corrected chi connectivity index (χ0v) is 12.1. The molecule has 3 rings (SSSR count). The number of ketones is 1. The zero-order valence-electron chi connectivity index (χ0n) is 12.1. The fourth-order valence-electron chi connectivity index (χ4n) is 3.23. The molecule has 20 heavy (non-hydrogen) atoms. The smallest absolute Gasteiger partial charge is 0.184 e. The first-order valence-corrected chi connectivity index (χ1v) is 7.66. The number of carbonyl (C=O) groups excluding carboxylic acids is 1. The van der Waals surface area contributed by atoms with Crippen molar-refractivity contribution >= 4 is 16.7 Å². The van der Waals surface area contributed by atoms with Crippen LogP contribution in [0.5, 0.6) is 0 Å². The highest BCUT2D eigenvalue weighted by Gasteiger charge is 2.22. The Morgan fingerprint density at radius 1 is 1.10 bits per heavy atom. The van der Waals surface area contributed by atoms with Crippen molar-refractivity contribution in [2.24, 2.45) is 5.92 Å². The third-order valence-electron chi connectivity index (χ3n) is 4.40. The molecular formula is C18H21NO. The van der Waals surface area contributed by atoms with Gasteiger partial charge in [0.25, 0.3) is 0 Å². The van der Waals surface area contributed by atoms with Gasteiger partial charge in [0.1, 0.15) is 5.69 Å². The maximum atomic E-state index is 12.7. The van der Waals surface area contributed by atoms with Crippen LogP contribution in [0.3, 0.4) is 0 Å². The summed E-state index contributed by atoms with van der Waals surface area (Å²) in [6.45, 7) is 2.06. The van der Waals surface area contributed by atoms with Crippen LogP contribution in [0.4, 0.5) is 0 Å². The van der Waals surface area contributed by atoms with E-state index in [9.17, 15) is 4.79 Å². The minimum absolute atomic E-state index is 0.186. The molecule has 0 radical (unpaired) electrons. The van der Waals surface area contributed by atoms with E-state index in [-0.39, 0.29) is 11.7 Å². The summed E-state index contributed by atoms with van der Waals surface area (Å²) >= 11 is 0. The summed E-state index contributed by atoms with van der Waals surface area (Å²) in [6, 6.07) is 10.0. The number of carbonyl (C=O) groups is 1. The van der Waals surface area contributed by atoms with Crippen LogP contribution < -0.4 is 0 Å². The number of para-hydroxylation sites is 1. The number of pyridine rings is 1. The quantitative estimate of drug-likeness (QED) is 0.583. The lowest BCUT2D eigenvalue weighted by molar-refractivity contribution is 0.0903. The molecule has 0 aliphatic heterocycles. The summed E-state index contributed by atoms with van der Waals surface area (Å²) in [5.74, 6) is 0.436. The SMILES string of the molecule is Cc1cc(C(=O)C2CCCCCC2)nc2ccccc12. The first kappa shape index (κ1) is 13.3. The highest BCUT2D eigenvalue weighted by atomic mass is 16.1. The molecule has 1 fully saturated rings. The fraction of sp³-hybridized carbons (Fsp3) is 0.444. The molecule has 0 N–H and O–H groups in total. The normalized spacial score (nSPS) is 17.1. The molecule has 0 bridgehead atoms. The van der Waals surface area contributed by atoms with Crippen LogP contribution in [0.25, 0.3) is 10.9 Å². The van der Waals surface area contributed by atoms with Crippen LogP contribution in [0.1, 0.15) is 54.6 Å². The number of fused-ring (bicyclic) bond motifs is 1. The van der Waals surface area contributed by atoms with E-state index in [0.29, 0.717) is 5.69 Å². The van der Waals surface area contributed by atoms with E-state index < -0.39 is 0 Å². The highest BCUT2D eigenvalue weighted by molar-refractivity contribution is 5.98. The molecule has 2 nitrogen and oxygen atoms in total. The molecule has 0 saturated heterocycles. The Hall–Kier alpha value is -1.70. The number of aromatic nitrogens is 1. The van der Waals surface area contributed by atoms with Crippen LogP contribution >= 0.6 is 0 Å². The van der Waals surface area contributed by atoms with E-state index in [1.807, 2.05) is 24.3 Å². The molecule has 0 unspecified atom stereocenters. The van der Waals surface area contributed by atoms with Crippen LogP contribution in [-0.2, 0) is 0 Å². The topological polar surface area (TPSA) is 30.0 Å². The van der Waals surface area contributed by atoms with Gasteiger partial charge in [-0.2, -0.15) is 0 Å². The second-order valence-electron chi connectivity index (χ2n) is 5.89. The number of Topliss-reactive ketones (excluding diaryl/α,β-unsaturated/α-hetero) is 1. The molecule has 0 atom stereocenters. The average Bonchev–Trinajstić information content (AvgIpc) is 2.75. The summed E-state index contributed by atoms with van der Waals surface area (Å²) in [5.41, 5.74) is 2.74. The summed E-state index contributed by atoms with van der Waals surface area (Å²) < 4.78 is 0. The Balaban J connectivity index is 1.94. The minimum Gasteiger partial charge on any atom is -0.292 e. The maximum Gasteiger partial charge on any atom is 0.184 e. The number of aryl methyl sites for hydroxylation is 1. The molecule has 1 aromatic carbocycles. The van der Waals surface area contributed by atoms with Gasteiger partial charge in [-0.3, -0.25) is 4.79 Å². The third-order valence-corrected chi connectivity index (χ3v) is 4.40. The second kappa shape index (κ2) is 5.74. The van der Waals surface area contributed by atoms with E-state index in [4.69, 9.17) is 0 Å². The highest BCUT2D eigenvalue weighted by Crippen LogP contribution is 2.27. The molecule has 104 valence electrons. The molecule has 2 aromatic rings. The van der Waals surface area contributed by atoms with E-state index in [2.05, 4.69) is 18.0 Å². The zero-order chi connectivity index (χ0) is 13.9. The van der Waals surface area contributed by atoms with Gasteiger partial charge < -0.3 is 0 Å². The maximum absolute atomic E-state index is 12.7. The van der Waals surface area contributed by atoms with Gasteiger partial charge in [0.2, 0.25) is 0 Å². The van der Waals surface area contributed by atoms with Crippen LogP contribution in [0.15, 0.2) is 30.3 Å². The van der Waals surface area contributed by atoms with Crippen molar-refractivity contribution in [2.45, 2.75) is 45.4 Å². The second-order valence-corrected chi connectivity index (χ2v) is 5.89. The van der Waals surface area contributed by atoms with Crippen molar-refractivity contribution in [1.29, 1.82) is 0 Å². The lowest BCUT2D eigenvalue weighted by Gasteiger charge is -2.13. The van der Waals surface area contributed by atoms with Crippen molar-refractivity contribution < 1.29 is 4.79 Å². The summed E-state index contributed by atoms with van der Waals surface area (Å²) in [5, 5.41) is 1.14. The largest absolute Gasteiger partial charge is 0.292 e. The minimum atomic E-state index is 0.186. The van der Waals surface area contributed by atoms with Gasteiger partial charge in [0.15, 0.2) is 5.78 Å². The lowest BCUT2D eigenvalue weighted by Crippen LogP contribution is -2.15. The van der Waals surface area contributed by atoms with E-state index >= 15 is 0 Å². The summed E-state index contributed by atoms with van der Waals surface area (Å²) in [6.07, 6.45) is 6.98. The predicted molar refractivity (Wildman–Crippen MR) is 82.0 cm³/mol. The summed E-state index contributed by atoms with van der Waals surface area (Å²) in [4.78, 5) is 17.3. The first-order valence-electron chi connectivity index (χ1n) is 7.66. The Morgan fingerprint density at radius 2 is 1.80 bits per heavy atom. The molecule has 0 amide bonds. The Bertz CT molecular complexity index is 624. The monoisotopic (exact) mass is 267 g/mol. The standard InChI is InChI=1S/C18H21NO/c1-13-12-17(19-16-11-7-6-10-15(13)16)18(20)14-8-4-2-3-5-9-14/h6-7,10-12,14H,2-5,8-9H2,1H3. The predicted octanol–water partition coefficient (Wildman–Crippen LogP) is 4.70. The van der Waals surface area contributed by atoms with Gasteiger partial charge in [-0.05, 0) is 37.5 Å². The van der Waals surface area contributed by atoms with Crippen molar-refractivity contribution in [1.82, 2.24) is 4.98 Å². The molecule has 1 heterocycles. The Morgan fingerprint density at radius 3 is 2.55 bits per heavy atom. The van der Waals surface area contributed by atoms with Gasteiger partial charge >= 0.3 is 0 Å². The molecular weight excluding hydrogens is 246 g/mol. The molecule has 0 spiro atoms. The number of hydrogen-bond acceptors (Lipinski definition) is 2. The van der Waals surface area contributed by atoms with Crippen molar-refractivity contribution in [3.63, 3.8) is 0 Å². The van der Waals surface area contributed by atoms with Gasteiger partial charge in [-0.25, -0.2) is 4.98 Å². The first-order chi connectivity index (χ1) is 9.75. The van der Waals surface area contributed by atoms with Crippen molar-refractivity contribution in [2.75, 3.05) is 0 Å². The Kier molecular flexibility index (Phi) is 3.81. The Labute approximate surface area is 120 Å². The fourth-order valence-corrected chi connectivity index (χ4v) is 3.23. The number of nitrogens with zero attached hydrogens (tertiary/aromatic N) is 1. The van der Waals surface area contributed by atoms with Crippen molar-refractivity contribution in [3.05, 3.63) is 41.6 Å². The van der Waals surface area contributed by atoms with E-state index in [1.165, 1.54) is 25.7 Å². The molecule has 1 aromatic heterocycles. The van der Waals surface area contributed by atoms with E-state index in [0.717, 1.165) is 29.3 Å².